The predicted octanol–water partition coefficient (Wildman–Crippen LogP) is 2.11. The molecular formula is C8H8ClNO2S. The lowest BCUT2D eigenvalue weighted by atomic mass is 10.3. The minimum atomic E-state index is -0.954. The van der Waals surface area contributed by atoms with Crippen LogP contribution in [0, 0.1) is 0 Å². The molecule has 13 heavy (non-hydrogen) atoms. The number of carboxylic acid groups (broad SMARTS) is 1. The first-order chi connectivity index (χ1) is 6.25. The molecular weight excluding hydrogens is 210 g/mol. The van der Waals surface area contributed by atoms with Gasteiger partial charge in [0.25, 0.3) is 0 Å². The van der Waals surface area contributed by atoms with E-state index in [1.807, 2.05) is 0 Å². The summed E-state index contributed by atoms with van der Waals surface area (Å²) in [6, 6.07) is 1.68. The van der Waals surface area contributed by atoms with Crippen molar-refractivity contribution in [2.24, 2.45) is 0 Å². The molecule has 0 aliphatic carbocycles. The van der Waals surface area contributed by atoms with E-state index in [2.05, 4.69) is 4.98 Å². The van der Waals surface area contributed by atoms with Crippen molar-refractivity contribution in [1.82, 2.24) is 4.98 Å². The Morgan fingerprint density at radius 1 is 1.69 bits per heavy atom. The Morgan fingerprint density at radius 3 is 3.08 bits per heavy atom. The third-order valence-electron chi connectivity index (χ3n) is 1.35. The second-order valence-corrected chi connectivity index (χ2v) is 3.73. The van der Waals surface area contributed by atoms with Crippen molar-refractivity contribution < 1.29 is 9.90 Å². The quantitative estimate of drug-likeness (QED) is 0.620. The summed E-state index contributed by atoms with van der Waals surface area (Å²) >= 11 is 6.92. The first-order valence-electron chi connectivity index (χ1n) is 3.61. The van der Waals surface area contributed by atoms with Crippen LogP contribution in [-0.2, 0) is 0 Å². The number of pyridine rings is 1. The Morgan fingerprint density at radius 2 is 2.46 bits per heavy atom. The van der Waals surface area contributed by atoms with Crippen molar-refractivity contribution >= 4 is 29.3 Å². The molecule has 0 saturated carbocycles. The van der Waals surface area contributed by atoms with E-state index in [4.69, 9.17) is 16.7 Å². The molecule has 0 amide bonds. The van der Waals surface area contributed by atoms with Gasteiger partial charge in [-0.15, -0.1) is 23.4 Å². The van der Waals surface area contributed by atoms with E-state index in [-0.39, 0.29) is 5.56 Å². The van der Waals surface area contributed by atoms with Crippen LogP contribution in [-0.4, -0.2) is 27.7 Å². The molecule has 0 atom stereocenters. The van der Waals surface area contributed by atoms with Crippen LogP contribution >= 0.6 is 23.4 Å². The first kappa shape index (κ1) is 10.3. The van der Waals surface area contributed by atoms with E-state index in [1.165, 1.54) is 18.0 Å². The SMILES string of the molecule is O=C(O)c1cnccc1SCCCl. The highest BCUT2D eigenvalue weighted by Crippen LogP contribution is 2.21. The number of carbonyl (C=O) groups is 1. The number of halogens is 1. The van der Waals surface area contributed by atoms with Gasteiger partial charge in [0.05, 0.1) is 5.56 Å². The van der Waals surface area contributed by atoms with Crippen LogP contribution in [0.3, 0.4) is 0 Å². The van der Waals surface area contributed by atoms with Crippen molar-refractivity contribution in [3.8, 4) is 0 Å². The van der Waals surface area contributed by atoms with Crippen molar-refractivity contribution in [3.63, 3.8) is 0 Å². The summed E-state index contributed by atoms with van der Waals surface area (Å²) in [5, 5.41) is 8.78. The van der Waals surface area contributed by atoms with Crippen molar-refractivity contribution in [2.45, 2.75) is 4.90 Å². The monoisotopic (exact) mass is 217 g/mol. The molecule has 1 aromatic heterocycles. The summed E-state index contributed by atoms with van der Waals surface area (Å²) in [7, 11) is 0. The molecule has 0 unspecified atom stereocenters. The highest BCUT2D eigenvalue weighted by molar-refractivity contribution is 7.99. The summed E-state index contributed by atoms with van der Waals surface area (Å²) < 4.78 is 0. The number of aromatic carboxylic acids is 1. The number of nitrogens with zero attached hydrogens (tertiary/aromatic N) is 1. The zero-order valence-electron chi connectivity index (χ0n) is 6.74. The smallest absolute Gasteiger partial charge is 0.338 e. The lowest BCUT2D eigenvalue weighted by molar-refractivity contribution is 0.0692. The third-order valence-corrected chi connectivity index (χ3v) is 2.83. The average molecular weight is 218 g/mol. The number of hydrogen-bond acceptors (Lipinski definition) is 3. The molecule has 0 bridgehead atoms. The van der Waals surface area contributed by atoms with Gasteiger partial charge < -0.3 is 5.11 Å². The maximum absolute atomic E-state index is 10.7. The lowest BCUT2D eigenvalue weighted by Crippen LogP contribution is -1.99. The van der Waals surface area contributed by atoms with Crippen LogP contribution in [0.25, 0.3) is 0 Å². The minimum Gasteiger partial charge on any atom is -0.478 e. The van der Waals surface area contributed by atoms with E-state index < -0.39 is 5.97 Å². The fraction of sp³-hybridized carbons (Fsp3) is 0.250. The van der Waals surface area contributed by atoms with Crippen molar-refractivity contribution in [1.29, 1.82) is 0 Å². The van der Waals surface area contributed by atoms with E-state index in [0.29, 0.717) is 16.5 Å². The maximum Gasteiger partial charge on any atom is 0.338 e. The van der Waals surface area contributed by atoms with Gasteiger partial charge in [0.15, 0.2) is 0 Å². The van der Waals surface area contributed by atoms with Crippen LogP contribution in [0.15, 0.2) is 23.4 Å². The van der Waals surface area contributed by atoms with E-state index >= 15 is 0 Å². The van der Waals surface area contributed by atoms with Crippen LogP contribution < -0.4 is 0 Å². The number of aromatic nitrogens is 1. The highest BCUT2D eigenvalue weighted by Gasteiger charge is 2.09. The minimum absolute atomic E-state index is 0.234. The zero-order valence-corrected chi connectivity index (χ0v) is 8.31. The first-order valence-corrected chi connectivity index (χ1v) is 5.13. The third kappa shape index (κ3) is 2.90. The molecule has 0 fully saturated rings. The van der Waals surface area contributed by atoms with Crippen LogP contribution in [0.1, 0.15) is 10.4 Å². The van der Waals surface area contributed by atoms with Gasteiger partial charge in [-0.25, -0.2) is 4.79 Å². The molecule has 0 spiro atoms. The lowest BCUT2D eigenvalue weighted by Gasteiger charge is -2.02. The molecule has 1 N–H and O–H groups in total. The molecule has 1 aromatic rings. The fourth-order valence-corrected chi connectivity index (χ4v) is 1.80. The second kappa shape index (κ2) is 5.09. The number of hydrogen-bond donors (Lipinski definition) is 1. The number of thioether (sulfide) groups is 1. The maximum atomic E-state index is 10.7. The Bertz CT molecular complexity index is 306. The Balaban J connectivity index is 2.84. The van der Waals surface area contributed by atoms with E-state index in [0.717, 1.165) is 0 Å². The molecule has 0 aliphatic rings. The van der Waals surface area contributed by atoms with Crippen LogP contribution in [0.5, 0.6) is 0 Å². The Kier molecular flexibility index (Phi) is 4.05. The van der Waals surface area contributed by atoms with Gasteiger partial charge in [0.1, 0.15) is 0 Å². The molecule has 70 valence electrons. The van der Waals surface area contributed by atoms with Gasteiger partial charge in [0, 0.05) is 28.9 Å². The standard InChI is InChI=1S/C8H8ClNO2S/c9-2-4-13-7-1-3-10-5-6(7)8(11)12/h1,3,5H,2,4H2,(H,11,12). The fourth-order valence-electron chi connectivity index (χ4n) is 0.817. The van der Waals surface area contributed by atoms with Crippen molar-refractivity contribution in [2.75, 3.05) is 11.6 Å². The van der Waals surface area contributed by atoms with Crippen molar-refractivity contribution in [3.05, 3.63) is 24.0 Å². The summed E-state index contributed by atoms with van der Waals surface area (Å²) in [6.07, 6.45) is 2.92. The Hall–Kier alpha value is -0.740. The molecule has 3 nitrogen and oxygen atoms in total. The summed E-state index contributed by atoms with van der Waals surface area (Å²) in [6.45, 7) is 0. The summed E-state index contributed by atoms with van der Waals surface area (Å²) in [4.78, 5) is 15.2. The molecule has 0 aromatic carbocycles. The Labute approximate surface area is 85.1 Å². The highest BCUT2D eigenvalue weighted by atomic mass is 35.5. The normalized spacial score (nSPS) is 9.92. The number of carboxylic acids is 1. The van der Waals surface area contributed by atoms with E-state index in [1.54, 1.807) is 12.3 Å². The second-order valence-electron chi connectivity index (χ2n) is 2.21. The summed E-state index contributed by atoms with van der Waals surface area (Å²) in [5.41, 5.74) is 0.234. The molecule has 1 heterocycles. The van der Waals surface area contributed by atoms with E-state index in [9.17, 15) is 4.79 Å². The van der Waals surface area contributed by atoms with Gasteiger partial charge in [-0.2, -0.15) is 0 Å². The number of alkyl halides is 1. The number of rotatable bonds is 4. The van der Waals surface area contributed by atoms with Crippen LogP contribution in [0.4, 0.5) is 0 Å². The predicted molar refractivity (Wildman–Crippen MR) is 52.6 cm³/mol. The van der Waals surface area contributed by atoms with Gasteiger partial charge in [-0.05, 0) is 6.07 Å². The average Bonchev–Trinajstić information content (AvgIpc) is 2.15. The van der Waals surface area contributed by atoms with Gasteiger partial charge in [0.2, 0.25) is 0 Å². The van der Waals surface area contributed by atoms with Gasteiger partial charge >= 0.3 is 5.97 Å². The van der Waals surface area contributed by atoms with Gasteiger partial charge in [-0.3, -0.25) is 4.98 Å². The van der Waals surface area contributed by atoms with Gasteiger partial charge in [-0.1, -0.05) is 0 Å². The molecule has 0 saturated heterocycles. The zero-order chi connectivity index (χ0) is 9.68. The van der Waals surface area contributed by atoms with Crippen LogP contribution in [0.2, 0.25) is 0 Å². The summed E-state index contributed by atoms with van der Waals surface area (Å²) in [5.74, 6) is 0.253. The molecule has 1 rings (SSSR count). The molecule has 5 heteroatoms. The molecule has 0 radical (unpaired) electrons. The topological polar surface area (TPSA) is 50.2 Å². The largest absolute Gasteiger partial charge is 0.478 e. The molecule has 0 aliphatic heterocycles.